The normalized spacial score (nSPS) is 29.4. The Labute approximate surface area is 89.1 Å². The molecule has 8 nitrogen and oxygen atoms in total. The van der Waals surface area contributed by atoms with E-state index < -0.39 is 25.2 Å². The van der Waals surface area contributed by atoms with Crippen LogP contribution >= 0.6 is 7.82 Å². The van der Waals surface area contributed by atoms with E-state index >= 15 is 0 Å². The molecule has 0 saturated carbocycles. The van der Waals surface area contributed by atoms with Gasteiger partial charge in [-0.15, -0.1) is 0 Å². The van der Waals surface area contributed by atoms with E-state index in [4.69, 9.17) is 0 Å². The zero-order chi connectivity index (χ0) is 11.8. The van der Waals surface area contributed by atoms with Gasteiger partial charge in [-0.2, -0.15) is 0 Å². The van der Waals surface area contributed by atoms with E-state index in [0.29, 0.717) is 0 Å². The number of phosphoric ester groups is 1. The third-order valence-corrected chi connectivity index (χ3v) is 3.02. The van der Waals surface area contributed by atoms with Gasteiger partial charge < -0.3 is 13.9 Å². The summed E-state index contributed by atoms with van der Waals surface area (Å²) in [6.07, 6.45) is 0.519. The van der Waals surface area contributed by atoms with Gasteiger partial charge in [0, 0.05) is 12.3 Å². The van der Waals surface area contributed by atoms with Gasteiger partial charge in [0.1, 0.15) is 6.10 Å². The fraction of sp³-hybridized carbons (Fsp3) is 0.429. The van der Waals surface area contributed by atoms with Crippen LogP contribution < -0.4 is 16.1 Å². The lowest BCUT2D eigenvalue weighted by atomic mass is 10.4. The van der Waals surface area contributed by atoms with Gasteiger partial charge >= 0.3 is 5.69 Å². The molecule has 0 radical (unpaired) electrons. The Kier molecular flexibility index (Phi) is 2.81. The lowest BCUT2D eigenvalue weighted by Crippen LogP contribution is -2.32. The molecule has 9 heteroatoms. The van der Waals surface area contributed by atoms with Crippen molar-refractivity contribution in [2.75, 3.05) is 6.61 Å². The minimum atomic E-state index is -4.20. The SMILES string of the molecule is O=c1ccn(CC2COP(=O)([O-])O2)c(=O)[nH]1. The highest BCUT2D eigenvalue weighted by Crippen LogP contribution is 2.45. The largest absolute Gasteiger partial charge is 0.756 e. The van der Waals surface area contributed by atoms with Crippen LogP contribution in [0, 0.1) is 0 Å². The van der Waals surface area contributed by atoms with E-state index in [1.165, 1.54) is 6.20 Å². The standard InChI is InChI=1S/C7H9N2O6P/c10-6-1-2-9(7(11)8-6)3-5-4-14-16(12,13)15-5/h1-2,5H,3-4H2,(H,12,13)(H,8,10,11)/p-1. The van der Waals surface area contributed by atoms with Crippen molar-refractivity contribution in [3.63, 3.8) is 0 Å². The monoisotopic (exact) mass is 247 g/mol. The van der Waals surface area contributed by atoms with Gasteiger partial charge in [0.2, 0.25) is 0 Å². The highest BCUT2D eigenvalue weighted by atomic mass is 31.2. The number of hydrogen-bond donors (Lipinski definition) is 1. The first-order valence-corrected chi connectivity index (χ1v) is 5.86. The smallest absolute Gasteiger partial charge is 0.328 e. The van der Waals surface area contributed by atoms with E-state index in [9.17, 15) is 19.0 Å². The summed E-state index contributed by atoms with van der Waals surface area (Å²) in [7, 11) is -4.20. The van der Waals surface area contributed by atoms with Crippen molar-refractivity contribution in [2.45, 2.75) is 12.6 Å². The predicted octanol–water partition coefficient (Wildman–Crippen LogP) is -1.58. The fourth-order valence-corrected chi connectivity index (χ4v) is 2.21. The Morgan fingerprint density at radius 1 is 1.62 bits per heavy atom. The summed E-state index contributed by atoms with van der Waals surface area (Å²) < 4.78 is 20.9. The topological polar surface area (TPSA) is 113 Å². The summed E-state index contributed by atoms with van der Waals surface area (Å²) in [5, 5.41) is 0. The molecule has 1 saturated heterocycles. The predicted molar refractivity (Wildman–Crippen MR) is 49.8 cm³/mol. The molecule has 1 aliphatic heterocycles. The van der Waals surface area contributed by atoms with Crippen LogP contribution in [0.5, 0.6) is 0 Å². The zero-order valence-electron chi connectivity index (χ0n) is 7.99. The van der Waals surface area contributed by atoms with Crippen molar-refractivity contribution < 1.29 is 18.5 Å². The van der Waals surface area contributed by atoms with E-state index in [1.54, 1.807) is 0 Å². The molecule has 16 heavy (non-hydrogen) atoms. The highest BCUT2D eigenvalue weighted by molar-refractivity contribution is 7.46. The third kappa shape index (κ3) is 2.48. The Morgan fingerprint density at radius 2 is 2.38 bits per heavy atom. The van der Waals surface area contributed by atoms with Crippen molar-refractivity contribution >= 4 is 7.82 Å². The van der Waals surface area contributed by atoms with Gasteiger partial charge in [-0.1, -0.05) is 0 Å². The molecule has 0 bridgehead atoms. The fourth-order valence-electron chi connectivity index (χ4n) is 1.31. The quantitative estimate of drug-likeness (QED) is 0.631. The number of nitrogens with zero attached hydrogens (tertiary/aromatic N) is 1. The molecular formula is C7H8N2O6P-. The summed E-state index contributed by atoms with van der Waals surface area (Å²) in [6, 6.07) is 1.16. The maximum Gasteiger partial charge on any atom is 0.328 e. The first-order valence-electron chi connectivity index (χ1n) is 4.40. The summed E-state index contributed by atoms with van der Waals surface area (Å²) in [5.74, 6) is 0. The summed E-state index contributed by atoms with van der Waals surface area (Å²) in [4.78, 5) is 34.9. The molecule has 2 atom stereocenters. The van der Waals surface area contributed by atoms with Crippen LogP contribution in [0.25, 0.3) is 0 Å². The summed E-state index contributed by atoms with van der Waals surface area (Å²) >= 11 is 0. The Balaban J connectivity index is 2.14. The van der Waals surface area contributed by atoms with Gasteiger partial charge in [-0.25, -0.2) is 4.79 Å². The van der Waals surface area contributed by atoms with Gasteiger partial charge in [0.05, 0.1) is 13.2 Å². The van der Waals surface area contributed by atoms with E-state index in [1.807, 2.05) is 4.98 Å². The van der Waals surface area contributed by atoms with Gasteiger partial charge in [-0.3, -0.25) is 18.9 Å². The first kappa shape index (κ1) is 11.3. The maximum absolute atomic E-state index is 11.3. The molecule has 1 N–H and O–H groups in total. The van der Waals surface area contributed by atoms with E-state index in [0.717, 1.165) is 10.6 Å². The van der Waals surface area contributed by atoms with Crippen molar-refractivity contribution in [1.82, 2.24) is 9.55 Å². The highest BCUT2D eigenvalue weighted by Gasteiger charge is 2.27. The molecule has 2 unspecified atom stereocenters. The second-order valence-corrected chi connectivity index (χ2v) is 4.60. The molecule has 88 valence electrons. The number of aromatic nitrogens is 2. The van der Waals surface area contributed by atoms with Crippen molar-refractivity contribution in [3.05, 3.63) is 33.1 Å². The van der Waals surface area contributed by atoms with Crippen molar-refractivity contribution in [2.24, 2.45) is 0 Å². The molecule has 0 aliphatic carbocycles. The molecule has 0 spiro atoms. The van der Waals surface area contributed by atoms with Gasteiger partial charge in [0.15, 0.2) is 0 Å². The van der Waals surface area contributed by atoms with Crippen molar-refractivity contribution in [3.8, 4) is 0 Å². The average molecular weight is 247 g/mol. The Morgan fingerprint density at radius 3 is 2.94 bits per heavy atom. The molecule has 1 aromatic rings. The number of H-pyrrole nitrogens is 1. The molecule has 2 heterocycles. The molecule has 1 fully saturated rings. The maximum atomic E-state index is 11.3. The number of rotatable bonds is 2. The second-order valence-electron chi connectivity index (χ2n) is 3.23. The zero-order valence-corrected chi connectivity index (χ0v) is 8.88. The minimum absolute atomic E-state index is 0.00183. The lowest BCUT2D eigenvalue weighted by Gasteiger charge is -2.14. The van der Waals surface area contributed by atoms with Crippen LogP contribution in [0.4, 0.5) is 0 Å². The number of aromatic amines is 1. The third-order valence-electron chi connectivity index (χ3n) is 1.99. The van der Waals surface area contributed by atoms with E-state index in [-0.39, 0.29) is 13.2 Å². The van der Waals surface area contributed by atoms with Crippen molar-refractivity contribution in [1.29, 1.82) is 0 Å². The lowest BCUT2D eigenvalue weighted by molar-refractivity contribution is -0.215. The summed E-state index contributed by atoms with van der Waals surface area (Å²) in [5.41, 5.74) is -1.14. The van der Waals surface area contributed by atoms with Crippen LogP contribution in [0.1, 0.15) is 0 Å². The van der Waals surface area contributed by atoms with Crippen LogP contribution in [0.2, 0.25) is 0 Å². The van der Waals surface area contributed by atoms with E-state index in [2.05, 4.69) is 9.05 Å². The molecule has 1 aromatic heterocycles. The molecule has 0 aromatic carbocycles. The first-order chi connectivity index (χ1) is 7.46. The average Bonchev–Trinajstić information content (AvgIpc) is 2.51. The van der Waals surface area contributed by atoms with Gasteiger partial charge in [-0.05, 0) is 0 Å². The molecular weight excluding hydrogens is 239 g/mol. The van der Waals surface area contributed by atoms with Crippen LogP contribution in [0.15, 0.2) is 21.9 Å². The number of hydrogen-bond acceptors (Lipinski definition) is 6. The number of nitrogens with one attached hydrogen (secondary N) is 1. The Hall–Kier alpha value is -1.21. The van der Waals surface area contributed by atoms with Crippen LogP contribution in [-0.4, -0.2) is 22.3 Å². The molecule has 1 aliphatic rings. The van der Waals surface area contributed by atoms with Gasteiger partial charge in [0.25, 0.3) is 13.4 Å². The molecule has 0 amide bonds. The molecule has 2 rings (SSSR count). The minimum Gasteiger partial charge on any atom is -0.756 e. The van der Waals surface area contributed by atoms with Crippen LogP contribution in [0.3, 0.4) is 0 Å². The summed E-state index contributed by atoms with van der Waals surface area (Å²) in [6.45, 7) is -0.131. The number of phosphoric acid groups is 1. The van der Waals surface area contributed by atoms with Crippen LogP contribution in [-0.2, 0) is 20.2 Å². The second kappa shape index (κ2) is 3.99. The Bertz CT molecular complexity index is 548.